The minimum atomic E-state index is -0.798. The van der Waals surface area contributed by atoms with E-state index < -0.39 is 5.41 Å². The zero-order valence-electron chi connectivity index (χ0n) is 12.0. The van der Waals surface area contributed by atoms with E-state index in [1.54, 1.807) is 11.9 Å². The highest BCUT2D eigenvalue weighted by Crippen LogP contribution is 2.42. The van der Waals surface area contributed by atoms with Gasteiger partial charge in [-0.1, -0.05) is 41.4 Å². The molecule has 1 aliphatic rings. The van der Waals surface area contributed by atoms with E-state index in [0.717, 1.165) is 17.5 Å². The second kappa shape index (κ2) is 5.53. The molecule has 0 aromatic heterocycles. The molecule has 0 saturated heterocycles. The van der Waals surface area contributed by atoms with Crippen molar-refractivity contribution >= 4 is 11.7 Å². The zero-order chi connectivity index (χ0) is 14.8. The van der Waals surface area contributed by atoms with Crippen LogP contribution in [0.5, 0.6) is 0 Å². The lowest BCUT2D eigenvalue weighted by molar-refractivity contribution is -0.141. The van der Waals surface area contributed by atoms with Gasteiger partial charge in [0, 0.05) is 13.6 Å². The molecule has 20 heavy (non-hydrogen) atoms. The predicted octanol–water partition coefficient (Wildman–Crippen LogP) is 1.87. The summed E-state index contributed by atoms with van der Waals surface area (Å²) < 4.78 is 0. The summed E-state index contributed by atoms with van der Waals surface area (Å²) in [6.07, 6.45) is 2.24. The fourth-order valence-electron chi connectivity index (χ4n) is 2.73. The van der Waals surface area contributed by atoms with Crippen molar-refractivity contribution in [2.45, 2.75) is 32.7 Å². The average Bonchev–Trinajstić information content (AvgIpc) is 2.37. The SMILES string of the molecule is Cc1cccc(CN(C)C(=O)C2(/C(N)=N/O)CCC2)c1. The minimum Gasteiger partial charge on any atom is -0.409 e. The molecule has 0 bridgehead atoms. The molecule has 1 amide bonds. The number of hydrogen-bond donors (Lipinski definition) is 2. The Kier molecular flexibility index (Phi) is 3.97. The van der Waals surface area contributed by atoms with Crippen molar-refractivity contribution in [3.63, 3.8) is 0 Å². The standard InChI is InChI=1S/C15H21N3O2/c1-11-5-3-6-12(9-11)10-18(2)14(19)15(7-4-8-15)13(16)17-20/h3,5-6,9,20H,4,7-8,10H2,1-2H3,(H2,16,17). The molecule has 0 heterocycles. The van der Waals surface area contributed by atoms with Crippen LogP contribution < -0.4 is 5.73 Å². The van der Waals surface area contributed by atoms with Gasteiger partial charge in [-0.05, 0) is 25.3 Å². The summed E-state index contributed by atoms with van der Waals surface area (Å²) in [4.78, 5) is 14.2. The molecule has 1 aromatic rings. The molecular formula is C15H21N3O2. The van der Waals surface area contributed by atoms with E-state index in [4.69, 9.17) is 10.9 Å². The van der Waals surface area contributed by atoms with Gasteiger partial charge in [0.25, 0.3) is 0 Å². The first-order valence-electron chi connectivity index (χ1n) is 6.79. The highest BCUT2D eigenvalue weighted by molar-refractivity contribution is 6.07. The lowest BCUT2D eigenvalue weighted by Crippen LogP contribution is -2.54. The van der Waals surface area contributed by atoms with Crippen LogP contribution in [-0.4, -0.2) is 28.9 Å². The molecule has 1 saturated carbocycles. The van der Waals surface area contributed by atoms with Crippen molar-refractivity contribution in [2.24, 2.45) is 16.3 Å². The highest BCUT2D eigenvalue weighted by Gasteiger charge is 2.49. The number of amides is 1. The average molecular weight is 275 g/mol. The molecule has 5 nitrogen and oxygen atoms in total. The van der Waals surface area contributed by atoms with Crippen molar-refractivity contribution in [2.75, 3.05) is 7.05 Å². The van der Waals surface area contributed by atoms with Gasteiger partial charge in [0.1, 0.15) is 5.41 Å². The Bertz CT molecular complexity index is 536. The second-order valence-corrected chi connectivity index (χ2v) is 5.57. The summed E-state index contributed by atoms with van der Waals surface area (Å²) in [5.74, 6) is -0.0367. The van der Waals surface area contributed by atoms with Crippen LogP contribution in [0.3, 0.4) is 0 Å². The Hall–Kier alpha value is -2.04. The zero-order valence-corrected chi connectivity index (χ0v) is 12.0. The monoisotopic (exact) mass is 275 g/mol. The lowest BCUT2D eigenvalue weighted by atomic mass is 9.67. The Labute approximate surface area is 119 Å². The number of oxime groups is 1. The van der Waals surface area contributed by atoms with Crippen molar-refractivity contribution in [1.29, 1.82) is 0 Å². The second-order valence-electron chi connectivity index (χ2n) is 5.57. The maximum atomic E-state index is 12.6. The Morgan fingerprint density at radius 2 is 2.20 bits per heavy atom. The lowest BCUT2D eigenvalue weighted by Gasteiger charge is -2.41. The Balaban J connectivity index is 2.12. The first-order chi connectivity index (χ1) is 9.49. The molecule has 1 aliphatic carbocycles. The van der Waals surface area contributed by atoms with Gasteiger partial charge in [-0.2, -0.15) is 0 Å². The van der Waals surface area contributed by atoms with Crippen LogP contribution in [0, 0.1) is 12.3 Å². The Morgan fingerprint density at radius 3 is 2.70 bits per heavy atom. The highest BCUT2D eigenvalue weighted by atomic mass is 16.4. The summed E-state index contributed by atoms with van der Waals surface area (Å²) in [5, 5.41) is 11.9. The van der Waals surface area contributed by atoms with Gasteiger partial charge in [0.05, 0.1) is 0 Å². The number of aryl methyl sites for hydroxylation is 1. The molecule has 0 spiro atoms. The summed E-state index contributed by atoms with van der Waals surface area (Å²) in [6, 6.07) is 8.05. The number of carbonyl (C=O) groups is 1. The summed E-state index contributed by atoms with van der Waals surface area (Å²) in [5.41, 5.74) is 7.17. The molecule has 0 unspecified atom stereocenters. The summed E-state index contributed by atoms with van der Waals surface area (Å²) in [7, 11) is 1.76. The third kappa shape index (κ3) is 2.48. The smallest absolute Gasteiger partial charge is 0.236 e. The fraction of sp³-hybridized carbons (Fsp3) is 0.467. The Morgan fingerprint density at radius 1 is 1.50 bits per heavy atom. The number of benzene rings is 1. The third-order valence-corrected chi connectivity index (χ3v) is 4.06. The minimum absolute atomic E-state index is 0.0323. The third-order valence-electron chi connectivity index (χ3n) is 4.06. The molecule has 1 fully saturated rings. The van der Waals surface area contributed by atoms with Crippen molar-refractivity contribution in [3.05, 3.63) is 35.4 Å². The van der Waals surface area contributed by atoms with Gasteiger partial charge in [0.15, 0.2) is 5.84 Å². The van der Waals surface area contributed by atoms with E-state index in [1.165, 1.54) is 0 Å². The van der Waals surface area contributed by atoms with E-state index in [-0.39, 0.29) is 11.7 Å². The predicted molar refractivity (Wildman–Crippen MR) is 77.3 cm³/mol. The first-order valence-corrected chi connectivity index (χ1v) is 6.79. The molecule has 0 aliphatic heterocycles. The van der Waals surface area contributed by atoms with Gasteiger partial charge >= 0.3 is 0 Å². The maximum absolute atomic E-state index is 12.6. The topological polar surface area (TPSA) is 78.9 Å². The van der Waals surface area contributed by atoms with Crippen molar-refractivity contribution in [3.8, 4) is 0 Å². The first kappa shape index (κ1) is 14.4. The number of hydrogen-bond acceptors (Lipinski definition) is 3. The summed E-state index contributed by atoms with van der Waals surface area (Å²) >= 11 is 0. The van der Waals surface area contributed by atoms with Crippen LogP contribution in [-0.2, 0) is 11.3 Å². The van der Waals surface area contributed by atoms with Crippen LogP contribution in [0.2, 0.25) is 0 Å². The molecule has 2 rings (SSSR count). The van der Waals surface area contributed by atoms with Crippen LogP contribution in [0.4, 0.5) is 0 Å². The van der Waals surface area contributed by atoms with E-state index in [9.17, 15) is 4.79 Å². The molecule has 108 valence electrons. The summed E-state index contributed by atoms with van der Waals surface area (Å²) in [6.45, 7) is 2.55. The quantitative estimate of drug-likeness (QED) is 0.381. The van der Waals surface area contributed by atoms with Gasteiger partial charge in [0.2, 0.25) is 5.91 Å². The number of rotatable bonds is 4. The van der Waals surface area contributed by atoms with Crippen molar-refractivity contribution in [1.82, 2.24) is 4.90 Å². The van der Waals surface area contributed by atoms with Crippen LogP contribution >= 0.6 is 0 Å². The van der Waals surface area contributed by atoms with E-state index >= 15 is 0 Å². The van der Waals surface area contributed by atoms with Gasteiger partial charge in [-0.25, -0.2) is 0 Å². The van der Waals surface area contributed by atoms with Gasteiger partial charge < -0.3 is 15.8 Å². The van der Waals surface area contributed by atoms with Gasteiger partial charge in [-0.15, -0.1) is 0 Å². The van der Waals surface area contributed by atoms with E-state index in [2.05, 4.69) is 11.2 Å². The number of carbonyl (C=O) groups excluding carboxylic acids is 1. The molecule has 3 N–H and O–H groups in total. The largest absolute Gasteiger partial charge is 0.409 e. The number of nitrogens with zero attached hydrogens (tertiary/aromatic N) is 2. The van der Waals surface area contributed by atoms with E-state index in [1.807, 2.05) is 25.1 Å². The number of nitrogens with two attached hydrogens (primary N) is 1. The van der Waals surface area contributed by atoms with E-state index in [0.29, 0.717) is 19.4 Å². The van der Waals surface area contributed by atoms with Crippen LogP contribution in [0.15, 0.2) is 29.4 Å². The maximum Gasteiger partial charge on any atom is 0.236 e. The number of amidine groups is 1. The van der Waals surface area contributed by atoms with Gasteiger partial charge in [-0.3, -0.25) is 4.79 Å². The fourth-order valence-corrected chi connectivity index (χ4v) is 2.73. The van der Waals surface area contributed by atoms with Crippen molar-refractivity contribution < 1.29 is 10.0 Å². The molecular weight excluding hydrogens is 254 g/mol. The normalized spacial score (nSPS) is 17.4. The molecule has 5 heteroatoms. The molecule has 0 radical (unpaired) electrons. The molecule has 1 aromatic carbocycles. The molecule has 0 atom stereocenters. The van der Waals surface area contributed by atoms with Crippen LogP contribution in [0.1, 0.15) is 30.4 Å². The van der Waals surface area contributed by atoms with Crippen LogP contribution in [0.25, 0.3) is 0 Å².